The van der Waals surface area contributed by atoms with Crippen molar-refractivity contribution in [3.8, 4) is 0 Å². The molecule has 0 spiro atoms. The summed E-state index contributed by atoms with van der Waals surface area (Å²) in [6, 6.07) is 0. The molecule has 1 unspecified atom stereocenters. The SMILES string of the molecule is Cl.NCCNC(=O)C1CCCN(C(=O)CC(F)(F)F)C1. The lowest BCUT2D eigenvalue weighted by molar-refractivity contribution is -0.162. The van der Waals surface area contributed by atoms with Crippen LogP contribution in [-0.4, -0.2) is 49.1 Å². The molecule has 1 heterocycles. The van der Waals surface area contributed by atoms with Gasteiger partial charge in [0.1, 0.15) is 6.42 Å². The van der Waals surface area contributed by atoms with E-state index in [1.165, 1.54) is 0 Å². The topological polar surface area (TPSA) is 75.4 Å². The number of carbonyl (C=O) groups excluding carboxylic acids is 2. The molecule has 0 bridgehead atoms. The Morgan fingerprint density at radius 3 is 2.55 bits per heavy atom. The first kappa shape index (κ1) is 19.0. The van der Waals surface area contributed by atoms with Crippen molar-refractivity contribution in [2.24, 2.45) is 11.7 Å². The van der Waals surface area contributed by atoms with Crippen LogP contribution in [0.4, 0.5) is 13.2 Å². The van der Waals surface area contributed by atoms with Crippen LogP contribution in [0.3, 0.4) is 0 Å². The number of hydrogen-bond donors (Lipinski definition) is 2. The molecule has 0 saturated carbocycles. The summed E-state index contributed by atoms with van der Waals surface area (Å²) in [5.74, 6) is -1.67. The second-order valence-electron chi connectivity index (χ2n) is 4.55. The second kappa shape index (κ2) is 8.31. The van der Waals surface area contributed by atoms with E-state index in [0.717, 1.165) is 4.90 Å². The van der Waals surface area contributed by atoms with Gasteiger partial charge in [-0.15, -0.1) is 12.4 Å². The van der Waals surface area contributed by atoms with Crippen molar-refractivity contribution in [1.82, 2.24) is 10.2 Å². The van der Waals surface area contributed by atoms with E-state index in [4.69, 9.17) is 5.73 Å². The molecule has 1 aliphatic rings. The van der Waals surface area contributed by atoms with Gasteiger partial charge in [-0.1, -0.05) is 0 Å². The summed E-state index contributed by atoms with van der Waals surface area (Å²) in [6.07, 6.45) is -4.87. The normalized spacial score (nSPS) is 19.2. The molecule has 3 N–H and O–H groups in total. The number of piperidine rings is 1. The molecule has 9 heteroatoms. The molecule has 0 aromatic carbocycles. The molecule has 5 nitrogen and oxygen atoms in total. The van der Waals surface area contributed by atoms with E-state index < -0.39 is 24.4 Å². The van der Waals surface area contributed by atoms with Gasteiger partial charge in [0.15, 0.2) is 0 Å². The molecule has 0 aliphatic carbocycles. The minimum Gasteiger partial charge on any atom is -0.355 e. The summed E-state index contributed by atoms with van der Waals surface area (Å²) >= 11 is 0. The van der Waals surface area contributed by atoms with E-state index in [2.05, 4.69) is 5.32 Å². The maximum atomic E-state index is 12.1. The molecule has 1 rings (SSSR count). The first-order chi connectivity index (χ1) is 8.83. The number of amides is 2. The highest BCUT2D eigenvalue weighted by molar-refractivity contribution is 5.85. The highest BCUT2D eigenvalue weighted by Crippen LogP contribution is 2.23. The van der Waals surface area contributed by atoms with E-state index in [-0.39, 0.29) is 31.4 Å². The number of hydrogen-bond acceptors (Lipinski definition) is 3. The zero-order valence-corrected chi connectivity index (χ0v) is 11.7. The van der Waals surface area contributed by atoms with E-state index in [1.807, 2.05) is 0 Å². The Morgan fingerprint density at radius 1 is 1.35 bits per heavy atom. The van der Waals surface area contributed by atoms with Gasteiger partial charge < -0.3 is 16.0 Å². The molecule has 118 valence electrons. The van der Waals surface area contributed by atoms with Crippen LogP contribution >= 0.6 is 12.4 Å². The summed E-state index contributed by atoms with van der Waals surface area (Å²) in [7, 11) is 0. The zero-order valence-electron chi connectivity index (χ0n) is 10.9. The largest absolute Gasteiger partial charge is 0.397 e. The van der Waals surface area contributed by atoms with E-state index >= 15 is 0 Å². The van der Waals surface area contributed by atoms with Gasteiger partial charge in [-0.25, -0.2) is 0 Å². The van der Waals surface area contributed by atoms with Crippen molar-refractivity contribution in [1.29, 1.82) is 0 Å². The van der Waals surface area contributed by atoms with Gasteiger partial charge >= 0.3 is 6.18 Å². The molecule has 20 heavy (non-hydrogen) atoms. The van der Waals surface area contributed by atoms with Crippen LogP contribution in [-0.2, 0) is 9.59 Å². The van der Waals surface area contributed by atoms with Crippen molar-refractivity contribution in [3.63, 3.8) is 0 Å². The van der Waals surface area contributed by atoms with Crippen LogP contribution in [0.25, 0.3) is 0 Å². The van der Waals surface area contributed by atoms with Crippen LogP contribution in [0.2, 0.25) is 0 Å². The number of halogens is 4. The second-order valence-corrected chi connectivity index (χ2v) is 4.55. The van der Waals surface area contributed by atoms with E-state index in [1.54, 1.807) is 0 Å². The monoisotopic (exact) mass is 317 g/mol. The summed E-state index contributed by atoms with van der Waals surface area (Å²) in [4.78, 5) is 24.2. The Bertz CT molecular complexity index is 339. The number of nitrogens with one attached hydrogen (secondary N) is 1. The van der Waals surface area contributed by atoms with Gasteiger partial charge in [0.2, 0.25) is 11.8 Å². The maximum absolute atomic E-state index is 12.1. The Hall–Kier alpha value is -1.02. The minimum atomic E-state index is -4.51. The van der Waals surface area contributed by atoms with Gasteiger partial charge in [0, 0.05) is 26.2 Å². The first-order valence-electron chi connectivity index (χ1n) is 6.16. The third-order valence-corrected chi connectivity index (χ3v) is 2.94. The molecule has 1 fully saturated rings. The molecular weight excluding hydrogens is 299 g/mol. The van der Waals surface area contributed by atoms with Gasteiger partial charge in [-0.05, 0) is 12.8 Å². The molecular formula is C11H19ClF3N3O2. The van der Waals surface area contributed by atoms with Gasteiger partial charge in [0.05, 0.1) is 5.92 Å². The fourth-order valence-corrected chi connectivity index (χ4v) is 2.04. The highest BCUT2D eigenvalue weighted by Gasteiger charge is 2.36. The smallest absolute Gasteiger partial charge is 0.355 e. The third-order valence-electron chi connectivity index (χ3n) is 2.94. The number of likely N-dealkylation sites (tertiary alicyclic amines) is 1. The average Bonchev–Trinajstić information content (AvgIpc) is 2.34. The molecule has 2 amide bonds. The number of alkyl halides is 3. The average molecular weight is 318 g/mol. The van der Waals surface area contributed by atoms with Crippen LogP contribution < -0.4 is 11.1 Å². The lowest BCUT2D eigenvalue weighted by Crippen LogP contribution is -2.46. The number of nitrogens with two attached hydrogens (primary N) is 1. The van der Waals surface area contributed by atoms with Gasteiger partial charge in [-0.2, -0.15) is 13.2 Å². The lowest BCUT2D eigenvalue weighted by atomic mass is 9.97. The van der Waals surface area contributed by atoms with Gasteiger partial charge in [0.25, 0.3) is 0 Å². The van der Waals surface area contributed by atoms with Crippen molar-refractivity contribution < 1.29 is 22.8 Å². The summed E-state index contributed by atoms with van der Waals surface area (Å²) < 4.78 is 36.4. The predicted molar refractivity (Wildman–Crippen MR) is 69.3 cm³/mol. The quantitative estimate of drug-likeness (QED) is 0.800. The molecule has 0 aromatic heterocycles. The standard InChI is InChI=1S/C11H18F3N3O2.ClH/c12-11(13,14)6-9(18)17-5-1-2-8(7-17)10(19)16-4-3-15;/h8H,1-7,15H2,(H,16,19);1H. The summed E-state index contributed by atoms with van der Waals surface area (Å²) in [5, 5.41) is 2.59. The van der Waals surface area contributed by atoms with Crippen molar-refractivity contribution in [3.05, 3.63) is 0 Å². The van der Waals surface area contributed by atoms with Crippen molar-refractivity contribution in [2.75, 3.05) is 26.2 Å². The predicted octanol–water partition coefficient (Wildman–Crippen LogP) is 0.674. The van der Waals surface area contributed by atoms with Crippen LogP contribution in [0.1, 0.15) is 19.3 Å². The number of rotatable bonds is 4. The zero-order chi connectivity index (χ0) is 14.5. The van der Waals surface area contributed by atoms with Crippen LogP contribution in [0, 0.1) is 5.92 Å². The molecule has 0 aromatic rings. The molecule has 1 saturated heterocycles. The van der Waals surface area contributed by atoms with Crippen molar-refractivity contribution in [2.45, 2.75) is 25.4 Å². The fraction of sp³-hybridized carbons (Fsp3) is 0.818. The summed E-state index contributed by atoms with van der Waals surface area (Å²) in [5.41, 5.74) is 5.25. The molecule has 0 radical (unpaired) electrons. The van der Waals surface area contributed by atoms with Gasteiger partial charge in [-0.3, -0.25) is 9.59 Å². The number of carbonyl (C=O) groups is 2. The Balaban J connectivity index is 0.00000361. The van der Waals surface area contributed by atoms with E-state index in [9.17, 15) is 22.8 Å². The molecule has 1 aliphatic heterocycles. The molecule has 1 atom stereocenters. The van der Waals surface area contributed by atoms with Crippen LogP contribution in [0.5, 0.6) is 0 Å². The Kier molecular flexibility index (Phi) is 7.88. The fourth-order valence-electron chi connectivity index (χ4n) is 2.04. The lowest BCUT2D eigenvalue weighted by Gasteiger charge is -2.32. The van der Waals surface area contributed by atoms with E-state index in [0.29, 0.717) is 25.9 Å². The highest BCUT2D eigenvalue weighted by atomic mass is 35.5. The minimum absolute atomic E-state index is 0. The number of nitrogens with zero attached hydrogens (tertiary/aromatic N) is 1. The Labute approximate surface area is 121 Å². The van der Waals surface area contributed by atoms with Crippen molar-refractivity contribution >= 4 is 24.2 Å². The third kappa shape index (κ3) is 6.42. The maximum Gasteiger partial charge on any atom is 0.397 e. The Morgan fingerprint density at radius 2 is 2.00 bits per heavy atom. The first-order valence-corrected chi connectivity index (χ1v) is 6.16. The van der Waals surface area contributed by atoms with Crippen LogP contribution in [0.15, 0.2) is 0 Å². The summed E-state index contributed by atoms with van der Waals surface area (Å²) in [6.45, 7) is 0.946.